The first kappa shape index (κ1) is 14.8. The first-order chi connectivity index (χ1) is 8.90. The summed E-state index contributed by atoms with van der Waals surface area (Å²) in [5.74, 6) is -1.42. The van der Waals surface area contributed by atoms with Crippen LogP contribution < -0.4 is 0 Å². The lowest BCUT2D eigenvalue weighted by Crippen LogP contribution is -2.30. The summed E-state index contributed by atoms with van der Waals surface area (Å²) in [4.78, 5) is 25.1. The lowest BCUT2D eigenvalue weighted by Gasteiger charge is -2.17. The van der Waals surface area contributed by atoms with E-state index in [9.17, 15) is 9.59 Å². The molecule has 1 aliphatic rings. The van der Waals surface area contributed by atoms with Gasteiger partial charge in [0.25, 0.3) is 5.91 Å². The van der Waals surface area contributed by atoms with E-state index in [0.717, 1.165) is 8.04 Å². The first-order valence-electron chi connectivity index (χ1n) is 5.87. The molecule has 1 aromatic carbocycles. The van der Waals surface area contributed by atoms with Crippen molar-refractivity contribution in [2.75, 3.05) is 13.1 Å². The van der Waals surface area contributed by atoms with Crippen LogP contribution >= 0.6 is 38.5 Å². The van der Waals surface area contributed by atoms with Crippen molar-refractivity contribution in [1.82, 2.24) is 4.90 Å². The summed E-state index contributed by atoms with van der Waals surface area (Å²) in [7, 11) is 0. The molecule has 1 heterocycles. The number of amides is 1. The van der Waals surface area contributed by atoms with Crippen molar-refractivity contribution in [1.29, 1.82) is 0 Å². The second-order valence-electron chi connectivity index (χ2n) is 4.76. The summed E-state index contributed by atoms with van der Waals surface area (Å²) >= 11 is 5.52. The minimum Gasteiger partial charge on any atom is -0.481 e. The molecule has 6 heteroatoms. The zero-order valence-corrected chi connectivity index (χ0v) is 14.0. The SMILES string of the molecule is C[C@@H]1CN(C(=O)c2cc(I)ccc2Br)C[C@H]1C(=O)O. The minimum atomic E-state index is -0.829. The second kappa shape index (κ2) is 5.78. The maximum atomic E-state index is 12.4. The number of aliphatic carboxylic acids is 1. The number of carbonyl (C=O) groups excluding carboxylic acids is 1. The molecule has 1 amide bonds. The summed E-state index contributed by atoms with van der Waals surface area (Å²) in [5, 5.41) is 9.10. The van der Waals surface area contributed by atoms with Crippen LogP contribution in [0.25, 0.3) is 0 Å². The van der Waals surface area contributed by atoms with Gasteiger partial charge in [-0.15, -0.1) is 0 Å². The van der Waals surface area contributed by atoms with Gasteiger partial charge in [-0.3, -0.25) is 9.59 Å². The summed E-state index contributed by atoms with van der Waals surface area (Å²) in [6.45, 7) is 2.65. The van der Waals surface area contributed by atoms with Gasteiger partial charge in [0.1, 0.15) is 0 Å². The van der Waals surface area contributed by atoms with Crippen LogP contribution in [0.5, 0.6) is 0 Å². The molecule has 1 saturated heterocycles. The molecule has 1 N–H and O–H groups in total. The van der Waals surface area contributed by atoms with Crippen LogP contribution in [0, 0.1) is 15.4 Å². The van der Waals surface area contributed by atoms with E-state index in [1.807, 2.05) is 25.1 Å². The summed E-state index contributed by atoms with van der Waals surface area (Å²) < 4.78 is 1.72. The standard InChI is InChI=1S/C13H13BrINO3/c1-7-5-16(6-10(7)13(18)19)12(17)9-4-8(15)2-3-11(9)14/h2-4,7,10H,5-6H2,1H3,(H,18,19)/t7-,10-/m1/s1. The third-order valence-corrected chi connectivity index (χ3v) is 4.74. The molecule has 0 spiro atoms. The predicted molar refractivity (Wildman–Crippen MR) is 83.1 cm³/mol. The maximum Gasteiger partial charge on any atom is 0.308 e. The lowest BCUT2D eigenvalue weighted by molar-refractivity contribution is -0.142. The molecule has 1 fully saturated rings. The van der Waals surface area contributed by atoms with Crippen LogP contribution in [0.2, 0.25) is 0 Å². The van der Waals surface area contributed by atoms with Gasteiger partial charge in [0.15, 0.2) is 0 Å². The largest absolute Gasteiger partial charge is 0.481 e. The van der Waals surface area contributed by atoms with Gasteiger partial charge in [-0.25, -0.2) is 0 Å². The molecule has 2 rings (SSSR count). The van der Waals surface area contributed by atoms with E-state index in [4.69, 9.17) is 5.11 Å². The summed E-state index contributed by atoms with van der Waals surface area (Å²) in [6.07, 6.45) is 0. The predicted octanol–water partition coefficient (Wildman–Crippen LogP) is 2.85. The van der Waals surface area contributed by atoms with Crippen molar-refractivity contribution >= 4 is 50.4 Å². The average Bonchev–Trinajstić information content (AvgIpc) is 2.74. The van der Waals surface area contributed by atoms with Crippen LogP contribution in [0.1, 0.15) is 17.3 Å². The maximum absolute atomic E-state index is 12.4. The first-order valence-corrected chi connectivity index (χ1v) is 7.74. The van der Waals surface area contributed by atoms with Crippen LogP contribution in [-0.4, -0.2) is 35.0 Å². The van der Waals surface area contributed by atoms with Crippen molar-refractivity contribution in [3.05, 3.63) is 31.8 Å². The number of rotatable bonds is 2. The molecular formula is C13H13BrINO3. The number of carbonyl (C=O) groups is 2. The van der Waals surface area contributed by atoms with Gasteiger partial charge in [0.2, 0.25) is 0 Å². The normalized spacial score (nSPS) is 22.6. The van der Waals surface area contributed by atoms with Crippen molar-refractivity contribution in [2.45, 2.75) is 6.92 Å². The molecule has 4 nitrogen and oxygen atoms in total. The zero-order chi connectivity index (χ0) is 14.2. The smallest absolute Gasteiger partial charge is 0.308 e. The number of nitrogens with zero attached hydrogens (tertiary/aromatic N) is 1. The topological polar surface area (TPSA) is 57.6 Å². The molecule has 19 heavy (non-hydrogen) atoms. The Labute approximate surface area is 133 Å². The van der Waals surface area contributed by atoms with E-state index >= 15 is 0 Å². The Bertz CT molecular complexity index is 535. The monoisotopic (exact) mass is 437 g/mol. The molecule has 0 radical (unpaired) electrons. The highest BCUT2D eigenvalue weighted by atomic mass is 127. The van der Waals surface area contributed by atoms with Crippen LogP contribution in [0.3, 0.4) is 0 Å². The molecule has 2 atom stereocenters. The minimum absolute atomic E-state index is 0.0111. The Morgan fingerprint density at radius 2 is 2.11 bits per heavy atom. The Morgan fingerprint density at radius 1 is 1.42 bits per heavy atom. The van der Waals surface area contributed by atoms with Crippen LogP contribution in [-0.2, 0) is 4.79 Å². The molecular weight excluding hydrogens is 425 g/mol. The fourth-order valence-corrected chi connectivity index (χ4v) is 3.19. The fourth-order valence-electron chi connectivity index (χ4n) is 2.29. The van der Waals surface area contributed by atoms with E-state index < -0.39 is 11.9 Å². The number of halogens is 2. The molecule has 1 aromatic rings. The van der Waals surface area contributed by atoms with E-state index in [1.54, 1.807) is 4.90 Å². The third-order valence-electron chi connectivity index (χ3n) is 3.38. The van der Waals surface area contributed by atoms with E-state index in [2.05, 4.69) is 38.5 Å². The highest BCUT2D eigenvalue weighted by molar-refractivity contribution is 14.1. The lowest BCUT2D eigenvalue weighted by atomic mass is 9.99. The zero-order valence-electron chi connectivity index (χ0n) is 10.3. The number of hydrogen-bond donors (Lipinski definition) is 1. The Hall–Kier alpha value is -0.630. The molecule has 0 aliphatic carbocycles. The van der Waals surface area contributed by atoms with E-state index in [0.29, 0.717) is 12.1 Å². The molecule has 1 aliphatic heterocycles. The summed E-state index contributed by atoms with van der Waals surface area (Å²) in [6, 6.07) is 5.56. The van der Waals surface area contributed by atoms with Gasteiger partial charge in [-0.1, -0.05) is 6.92 Å². The van der Waals surface area contributed by atoms with Crippen molar-refractivity contribution in [2.24, 2.45) is 11.8 Å². The molecule has 0 saturated carbocycles. The number of hydrogen-bond acceptors (Lipinski definition) is 2. The number of benzene rings is 1. The molecule has 0 bridgehead atoms. The van der Waals surface area contributed by atoms with Gasteiger partial charge in [0.05, 0.1) is 11.5 Å². The van der Waals surface area contributed by atoms with Crippen molar-refractivity contribution < 1.29 is 14.7 Å². The van der Waals surface area contributed by atoms with Crippen LogP contribution in [0.4, 0.5) is 0 Å². The van der Waals surface area contributed by atoms with Crippen molar-refractivity contribution in [3.8, 4) is 0 Å². The highest BCUT2D eigenvalue weighted by Crippen LogP contribution is 2.27. The molecule has 0 unspecified atom stereocenters. The van der Waals surface area contributed by atoms with Gasteiger partial charge < -0.3 is 10.0 Å². The van der Waals surface area contributed by atoms with Crippen LogP contribution in [0.15, 0.2) is 22.7 Å². The van der Waals surface area contributed by atoms with Gasteiger partial charge in [0, 0.05) is 21.1 Å². The van der Waals surface area contributed by atoms with Crippen molar-refractivity contribution in [3.63, 3.8) is 0 Å². The van der Waals surface area contributed by atoms with E-state index in [1.165, 1.54) is 0 Å². The fraction of sp³-hybridized carbons (Fsp3) is 0.385. The number of carboxylic acid groups (broad SMARTS) is 1. The quantitative estimate of drug-likeness (QED) is 0.724. The second-order valence-corrected chi connectivity index (χ2v) is 6.86. The molecule has 102 valence electrons. The summed E-state index contributed by atoms with van der Waals surface area (Å²) in [5.41, 5.74) is 0.588. The van der Waals surface area contributed by atoms with E-state index in [-0.39, 0.29) is 18.4 Å². The van der Waals surface area contributed by atoms with Gasteiger partial charge in [-0.05, 0) is 62.6 Å². The highest BCUT2D eigenvalue weighted by Gasteiger charge is 2.37. The number of carboxylic acids is 1. The van der Waals surface area contributed by atoms with Gasteiger partial charge >= 0.3 is 5.97 Å². The number of likely N-dealkylation sites (tertiary alicyclic amines) is 1. The Balaban J connectivity index is 2.22. The molecule has 0 aromatic heterocycles. The van der Waals surface area contributed by atoms with Gasteiger partial charge in [-0.2, -0.15) is 0 Å². The Morgan fingerprint density at radius 3 is 2.68 bits per heavy atom. The Kier molecular flexibility index (Phi) is 4.50. The third kappa shape index (κ3) is 3.10. The average molecular weight is 438 g/mol.